The number of para-hydroxylation sites is 1. The third kappa shape index (κ3) is 2.87. The third-order valence-corrected chi connectivity index (χ3v) is 4.36. The van der Waals surface area contributed by atoms with Gasteiger partial charge < -0.3 is 5.73 Å². The normalized spacial score (nSPS) is 15.2. The summed E-state index contributed by atoms with van der Waals surface area (Å²) in [6.07, 6.45) is -0.532. The average molecular weight is 266 g/mol. The largest absolute Gasteiger partial charge is 0.330 e. The first kappa shape index (κ1) is 13.4. The van der Waals surface area contributed by atoms with E-state index in [1.54, 1.807) is 11.3 Å². The fourth-order valence-corrected chi connectivity index (χ4v) is 3.17. The summed E-state index contributed by atoms with van der Waals surface area (Å²) in [5.41, 5.74) is 6.60. The van der Waals surface area contributed by atoms with Crippen molar-refractivity contribution < 1.29 is 4.39 Å². The zero-order chi connectivity index (χ0) is 13.1. The van der Waals surface area contributed by atoms with Crippen molar-refractivity contribution in [2.75, 3.05) is 6.54 Å². The van der Waals surface area contributed by atoms with Crippen LogP contribution in [0.15, 0.2) is 24.3 Å². The van der Waals surface area contributed by atoms with Gasteiger partial charge in [0.2, 0.25) is 0 Å². The topological polar surface area (TPSA) is 38.9 Å². The number of hydrogen-bond donors (Lipinski definition) is 1. The number of hydrogen-bond acceptors (Lipinski definition) is 3. The van der Waals surface area contributed by atoms with E-state index in [0.717, 1.165) is 15.2 Å². The van der Waals surface area contributed by atoms with Gasteiger partial charge >= 0.3 is 0 Å². The number of benzene rings is 1. The van der Waals surface area contributed by atoms with Crippen molar-refractivity contribution in [3.05, 3.63) is 29.3 Å². The molecule has 1 heterocycles. The van der Waals surface area contributed by atoms with Crippen LogP contribution in [-0.4, -0.2) is 17.7 Å². The standard InChI is InChI=1S/C14H19FN2S/c1-9(2)10(8-16)11(15)7-14-17-12-5-3-4-6-13(12)18-14/h3-6,9-11H,7-8,16H2,1-2H3. The van der Waals surface area contributed by atoms with Gasteiger partial charge in [0.05, 0.1) is 15.2 Å². The highest BCUT2D eigenvalue weighted by Gasteiger charge is 2.24. The molecule has 0 bridgehead atoms. The highest BCUT2D eigenvalue weighted by molar-refractivity contribution is 7.18. The maximum absolute atomic E-state index is 14.2. The lowest BCUT2D eigenvalue weighted by atomic mass is 9.90. The lowest BCUT2D eigenvalue weighted by Crippen LogP contribution is -2.30. The van der Waals surface area contributed by atoms with Gasteiger partial charge in [-0.05, 0) is 24.6 Å². The molecular weight excluding hydrogens is 247 g/mol. The molecule has 1 aromatic heterocycles. The number of nitrogens with two attached hydrogens (primary N) is 1. The third-order valence-electron chi connectivity index (χ3n) is 3.30. The summed E-state index contributed by atoms with van der Waals surface area (Å²) < 4.78 is 15.3. The molecule has 2 atom stereocenters. The molecule has 0 saturated carbocycles. The first-order valence-electron chi connectivity index (χ1n) is 6.30. The van der Waals surface area contributed by atoms with Gasteiger partial charge in [0.25, 0.3) is 0 Å². The van der Waals surface area contributed by atoms with Gasteiger partial charge in [0.15, 0.2) is 0 Å². The second-order valence-corrected chi connectivity index (χ2v) is 6.05. The summed E-state index contributed by atoms with van der Waals surface area (Å²) in [4.78, 5) is 4.47. The summed E-state index contributed by atoms with van der Waals surface area (Å²) in [6, 6.07) is 7.92. The molecule has 18 heavy (non-hydrogen) atoms. The molecule has 2 rings (SSSR count). The molecular formula is C14H19FN2S. The van der Waals surface area contributed by atoms with Crippen LogP contribution in [0.3, 0.4) is 0 Å². The van der Waals surface area contributed by atoms with Gasteiger partial charge in [-0.15, -0.1) is 11.3 Å². The molecule has 0 aliphatic carbocycles. The predicted octanol–water partition coefficient (Wildman–Crippen LogP) is 3.41. The van der Waals surface area contributed by atoms with E-state index < -0.39 is 6.17 Å². The molecule has 0 aliphatic heterocycles. The van der Waals surface area contributed by atoms with Gasteiger partial charge in [-0.25, -0.2) is 9.37 Å². The van der Waals surface area contributed by atoms with Crippen LogP contribution < -0.4 is 5.73 Å². The Hall–Kier alpha value is -1.00. The first-order chi connectivity index (χ1) is 8.61. The molecule has 0 radical (unpaired) electrons. The second-order valence-electron chi connectivity index (χ2n) is 4.94. The summed E-state index contributed by atoms with van der Waals surface area (Å²) in [7, 11) is 0. The average Bonchev–Trinajstić information content (AvgIpc) is 2.71. The van der Waals surface area contributed by atoms with Crippen molar-refractivity contribution in [2.45, 2.75) is 26.4 Å². The van der Waals surface area contributed by atoms with Crippen LogP contribution >= 0.6 is 11.3 Å². The van der Waals surface area contributed by atoms with E-state index in [-0.39, 0.29) is 11.8 Å². The molecule has 0 saturated heterocycles. The van der Waals surface area contributed by atoms with Crippen LogP contribution in [0.2, 0.25) is 0 Å². The van der Waals surface area contributed by atoms with Crippen molar-refractivity contribution in [1.29, 1.82) is 0 Å². The smallest absolute Gasteiger partial charge is 0.111 e. The van der Waals surface area contributed by atoms with E-state index in [1.807, 2.05) is 38.1 Å². The van der Waals surface area contributed by atoms with Crippen molar-refractivity contribution in [2.24, 2.45) is 17.6 Å². The summed E-state index contributed by atoms with van der Waals surface area (Å²) in [5.74, 6) is 0.177. The maximum atomic E-state index is 14.2. The van der Waals surface area contributed by atoms with Crippen molar-refractivity contribution in [1.82, 2.24) is 4.98 Å². The number of alkyl halides is 1. The number of thiazole rings is 1. The van der Waals surface area contributed by atoms with E-state index in [4.69, 9.17) is 5.73 Å². The minimum Gasteiger partial charge on any atom is -0.330 e. The van der Waals surface area contributed by atoms with E-state index >= 15 is 0 Å². The Morgan fingerprint density at radius 1 is 1.33 bits per heavy atom. The molecule has 0 fully saturated rings. The van der Waals surface area contributed by atoms with Crippen molar-refractivity contribution in [3.63, 3.8) is 0 Å². The van der Waals surface area contributed by atoms with Crippen LogP contribution in [0.1, 0.15) is 18.9 Å². The molecule has 2 N–H and O–H groups in total. The molecule has 0 aliphatic rings. The number of fused-ring (bicyclic) bond motifs is 1. The molecule has 2 nitrogen and oxygen atoms in total. The van der Waals surface area contributed by atoms with E-state index in [2.05, 4.69) is 4.98 Å². The van der Waals surface area contributed by atoms with Crippen molar-refractivity contribution >= 4 is 21.6 Å². The van der Waals surface area contributed by atoms with E-state index in [0.29, 0.717) is 13.0 Å². The summed E-state index contributed by atoms with van der Waals surface area (Å²) in [6.45, 7) is 4.43. The molecule has 1 aromatic carbocycles. The highest BCUT2D eigenvalue weighted by atomic mass is 32.1. The van der Waals surface area contributed by atoms with E-state index in [9.17, 15) is 4.39 Å². The number of rotatable bonds is 5. The second kappa shape index (κ2) is 5.76. The minimum atomic E-state index is -0.907. The van der Waals surface area contributed by atoms with Gasteiger partial charge in [-0.1, -0.05) is 26.0 Å². The lowest BCUT2D eigenvalue weighted by Gasteiger charge is -2.22. The monoisotopic (exact) mass is 266 g/mol. The maximum Gasteiger partial charge on any atom is 0.111 e. The molecule has 4 heteroatoms. The lowest BCUT2D eigenvalue weighted by molar-refractivity contribution is 0.185. The number of halogens is 1. The Morgan fingerprint density at radius 2 is 2.06 bits per heavy atom. The Bertz CT molecular complexity index is 476. The summed E-state index contributed by atoms with van der Waals surface area (Å²) >= 11 is 1.57. The van der Waals surface area contributed by atoms with Crippen LogP contribution in [0.5, 0.6) is 0 Å². The Kier molecular flexibility index (Phi) is 4.30. The fraction of sp³-hybridized carbons (Fsp3) is 0.500. The van der Waals surface area contributed by atoms with Crippen LogP contribution in [0.4, 0.5) is 4.39 Å². The predicted molar refractivity (Wildman–Crippen MR) is 75.6 cm³/mol. The highest BCUT2D eigenvalue weighted by Crippen LogP contribution is 2.26. The molecule has 2 unspecified atom stereocenters. The Morgan fingerprint density at radius 3 is 2.67 bits per heavy atom. The molecule has 2 aromatic rings. The van der Waals surface area contributed by atoms with Crippen LogP contribution in [-0.2, 0) is 6.42 Å². The fourth-order valence-electron chi connectivity index (χ4n) is 2.16. The van der Waals surface area contributed by atoms with Gasteiger partial charge in [0, 0.05) is 12.3 Å². The van der Waals surface area contributed by atoms with Gasteiger partial charge in [-0.2, -0.15) is 0 Å². The zero-order valence-corrected chi connectivity index (χ0v) is 11.6. The Labute approximate surface area is 111 Å². The Balaban J connectivity index is 2.13. The van der Waals surface area contributed by atoms with E-state index in [1.165, 1.54) is 0 Å². The molecule has 98 valence electrons. The summed E-state index contributed by atoms with van der Waals surface area (Å²) in [5, 5.41) is 0.864. The van der Waals surface area contributed by atoms with Gasteiger partial charge in [0.1, 0.15) is 6.17 Å². The van der Waals surface area contributed by atoms with Crippen molar-refractivity contribution in [3.8, 4) is 0 Å². The molecule has 0 spiro atoms. The first-order valence-corrected chi connectivity index (χ1v) is 7.12. The zero-order valence-electron chi connectivity index (χ0n) is 10.8. The SMILES string of the molecule is CC(C)C(CN)C(F)Cc1nc2ccccc2s1. The number of aromatic nitrogens is 1. The minimum absolute atomic E-state index is 0.0861. The van der Waals surface area contributed by atoms with Gasteiger partial charge in [-0.3, -0.25) is 0 Å². The molecule has 0 amide bonds. The van der Waals surface area contributed by atoms with Crippen LogP contribution in [0.25, 0.3) is 10.2 Å². The van der Waals surface area contributed by atoms with Crippen LogP contribution in [0, 0.1) is 11.8 Å². The quantitative estimate of drug-likeness (QED) is 0.900. The number of nitrogens with zero attached hydrogens (tertiary/aromatic N) is 1.